The zero-order chi connectivity index (χ0) is 21.3. The van der Waals surface area contributed by atoms with E-state index in [0.717, 1.165) is 5.69 Å². The highest BCUT2D eigenvalue weighted by molar-refractivity contribution is 7.89. The number of rotatable bonds is 4. The lowest BCUT2D eigenvalue weighted by Crippen LogP contribution is -2.43. The van der Waals surface area contributed by atoms with Crippen LogP contribution in [0.3, 0.4) is 0 Å². The molecule has 1 fully saturated rings. The fourth-order valence-electron chi connectivity index (χ4n) is 3.66. The Morgan fingerprint density at radius 2 is 2.03 bits per heavy atom. The average molecular weight is 426 g/mol. The third-order valence-electron chi connectivity index (χ3n) is 5.23. The van der Waals surface area contributed by atoms with Crippen LogP contribution in [-0.4, -0.2) is 41.7 Å². The van der Waals surface area contributed by atoms with E-state index in [2.05, 4.69) is 15.3 Å². The molecule has 156 valence electrons. The minimum Gasteiger partial charge on any atom is -0.322 e. The van der Waals surface area contributed by atoms with Crippen molar-refractivity contribution < 1.29 is 13.2 Å². The number of H-pyrrole nitrogens is 1. The lowest BCUT2D eigenvalue weighted by Gasteiger charge is -2.31. The molecule has 2 aromatic heterocycles. The predicted octanol–water partition coefficient (Wildman–Crippen LogP) is 2.27. The Bertz CT molecular complexity index is 1270. The van der Waals surface area contributed by atoms with Crippen molar-refractivity contribution in [3.05, 3.63) is 64.6 Å². The van der Waals surface area contributed by atoms with Crippen molar-refractivity contribution in [2.24, 2.45) is 5.92 Å². The molecule has 1 aliphatic rings. The van der Waals surface area contributed by atoms with Crippen LogP contribution < -0.4 is 10.9 Å². The highest BCUT2D eigenvalue weighted by Gasteiger charge is 2.33. The number of pyridine rings is 2. The molecule has 1 saturated heterocycles. The van der Waals surface area contributed by atoms with Crippen molar-refractivity contribution in [1.82, 2.24) is 14.3 Å². The Morgan fingerprint density at radius 1 is 1.20 bits per heavy atom. The number of aryl methyl sites for hydroxylation is 1. The number of fused-ring (bicyclic) bond motifs is 1. The van der Waals surface area contributed by atoms with Gasteiger partial charge in [-0.05, 0) is 61.5 Å². The Morgan fingerprint density at radius 3 is 2.83 bits per heavy atom. The van der Waals surface area contributed by atoms with E-state index in [1.807, 2.05) is 19.1 Å². The number of nitrogens with zero attached hydrogens (tertiary/aromatic N) is 2. The average Bonchev–Trinajstić information content (AvgIpc) is 2.73. The van der Waals surface area contributed by atoms with Crippen LogP contribution in [0.2, 0.25) is 0 Å². The molecule has 0 aliphatic carbocycles. The first-order chi connectivity index (χ1) is 14.3. The molecule has 1 amide bonds. The van der Waals surface area contributed by atoms with Crippen molar-refractivity contribution in [3.8, 4) is 0 Å². The highest BCUT2D eigenvalue weighted by atomic mass is 32.2. The molecule has 1 atom stereocenters. The third-order valence-corrected chi connectivity index (χ3v) is 7.09. The van der Waals surface area contributed by atoms with Gasteiger partial charge in [-0.3, -0.25) is 9.59 Å². The monoisotopic (exact) mass is 426 g/mol. The fourth-order valence-corrected chi connectivity index (χ4v) is 5.22. The van der Waals surface area contributed by atoms with E-state index in [1.54, 1.807) is 24.3 Å². The topological polar surface area (TPSA) is 112 Å². The number of sulfonamides is 1. The van der Waals surface area contributed by atoms with Crippen molar-refractivity contribution in [2.45, 2.75) is 24.7 Å². The summed E-state index contributed by atoms with van der Waals surface area (Å²) in [6.07, 6.45) is 1.21. The number of carbonyl (C=O) groups is 1. The molecule has 3 aromatic rings. The number of nitrogens with one attached hydrogen (secondary N) is 2. The van der Waals surface area contributed by atoms with E-state index in [9.17, 15) is 18.0 Å². The molecule has 0 unspecified atom stereocenters. The van der Waals surface area contributed by atoms with E-state index in [-0.39, 0.29) is 22.9 Å². The molecule has 30 heavy (non-hydrogen) atoms. The maximum atomic E-state index is 13.2. The van der Waals surface area contributed by atoms with Gasteiger partial charge in [0.05, 0.1) is 10.8 Å². The van der Waals surface area contributed by atoms with Gasteiger partial charge in [0.2, 0.25) is 21.5 Å². The largest absolute Gasteiger partial charge is 0.322 e. The van der Waals surface area contributed by atoms with Gasteiger partial charge < -0.3 is 10.3 Å². The first-order valence-corrected chi connectivity index (χ1v) is 11.1. The van der Waals surface area contributed by atoms with Crippen LogP contribution in [0, 0.1) is 12.8 Å². The minimum atomic E-state index is -3.76. The quantitative estimate of drug-likeness (QED) is 0.665. The molecule has 0 radical (unpaired) electrons. The van der Waals surface area contributed by atoms with Gasteiger partial charge in [0.25, 0.3) is 0 Å². The Labute approximate surface area is 174 Å². The maximum Gasteiger partial charge on any atom is 0.248 e. The van der Waals surface area contributed by atoms with Crippen LogP contribution in [-0.2, 0) is 14.8 Å². The molecular formula is C21H22N4O4S. The summed E-state index contributed by atoms with van der Waals surface area (Å²) in [7, 11) is -3.76. The van der Waals surface area contributed by atoms with Gasteiger partial charge in [-0.25, -0.2) is 13.4 Å². The van der Waals surface area contributed by atoms with Gasteiger partial charge in [0.15, 0.2) is 0 Å². The first kappa shape index (κ1) is 20.2. The zero-order valence-corrected chi connectivity index (χ0v) is 17.3. The van der Waals surface area contributed by atoms with Gasteiger partial charge in [-0.2, -0.15) is 4.31 Å². The molecule has 3 heterocycles. The summed E-state index contributed by atoms with van der Waals surface area (Å²) in [5.74, 6) is -0.222. The molecular weight excluding hydrogens is 404 g/mol. The smallest absolute Gasteiger partial charge is 0.248 e. The molecule has 4 rings (SSSR count). The Balaban J connectivity index is 1.53. The summed E-state index contributed by atoms with van der Waals surface area (Å²) < 4.78 is 27.7. The zero-order valence-electron chi connectivity index (χ0n) is 16.5. The fraction of sp³-hybridized carbons (Fsp3) is 0.286. The first-order valence-electron chi connectivity index (χ1n) is 9.71. The number of hydrogen-bond donors (Lipinski definition) is 2. The normalized spacial score (nSPS) is 17.7. The number of piperidine rings is 1. The van der Waals surface area contributed by atoms with E-state index in [4.69, 9.17) is 0 Å². The Kier molecular flexibility index (Phi) is 5.40. The predicted molar refractivity (Wildman–Crippen MR) is 114 cm³/mol. The second kappa shape index (κ2) is 8.00. The van der Waals surface area contributed by atoms with Gasteiger partial charge in [-0.15, -0.1) is 0 Å². The molecule has 2 N–H and O–H groups in total. The van der Waals surface area contributed by atoms with Crippen molar-refractivity contribution >= 4 is 32.7 Å². The summed E-state index contributed by atoms with van der Waals surface area (Å²) in [6, 6.07) is 12.9. The minimum absolute atomic E-state index is 0.115. The van der Waals surface area contributed by atoms with Crippen molar-refractivity contribution in [2.75, 3.05) is 18.4 Å². The summed E-state index contributed by atoms with van der Waals surface area (Å²) in [5, 5.41) is 3.42. The molecule has 1 aliphatic heterocycles. The van der Waals surface area contributed by atoms with Gasteiger partial charge in [-0.1, -0.05) is 6.07 Å². The van der Waals surface area contributed by atoms with Crippen LogP contribution in [0.25, 0.3) is 10.9 Å². The molecule has 1 aromatic carbocycles. The second-order valence-electron chi connectivity index (χ2n) is 7.43. The number of hydrogen-bond acceptors (Lipinski definition) is 5. The van der Waals surface area contributed by atoms with Crippen LogP contribution in [0.15, 0.2) is 58.2 Å². The number of anilines is 1. The second-order valence-corrected chi connectivity index (χ2v) is 9.37. The molecule has 0 spiro atoms. The van der Waals surface area contributed by atoms with Crippen LogP contribution >= 0.6 is 0 Å². The van der Waals surface area contributed by atoms with E-state index < -0.39 is 15.9 Å². The van der Waals surface area contributed by atoms with Crippen LogP contribution in [0.4, 0.5) is 5.82 Å². The Hall–Kier alpha value is -3.04. The lowest BCUT2D eigenvalue weighted by atomic mass is 9.99. The molecule has 0 bridgehead atoms. The van der Waals surface area contributed by atoms with E-state index in [1.165, 1.54) is 16.4 Å². The number of aromatic nitrogens is 2. The number of carbonyl (C=O) groups excluding carboxylic acids is 1. The number of amides is 1. The van der Waals surface area contributed by atoms with E-state index >= 15 is 0 Å². The van der Waals surface area contributed by atoms with Gasteiger partial charge >= 0.3 is 0 Å². The lowest BCUT2D eigenvalue weighted by molar-refractivity contribution is -0.120. The van der Waals surface area contributed by atoms with Crippen LogP contribution in [0.5, 0.6) is 0 Å². The standard InChI is InChI=1S/C21H22N4O4S/c1-14-4-2-6-19(22-14)24-21(27)16-5-3-11-25(13-16)30(28,29)17-8-9-18-15(12-17)7-10-20(26)23-18/h2,4,6-10,12,16H,3,5,11,13H2,1H3,(H,23,26)(H,22,24,27)/t16-/m0/s1. The van der Waals surface area contributed by atoms with Crippen molar-refractivity contribution in [1.29, 1.82) is 0 Å². The molecule has 8 nitrogen and oxygen atoms in total. The molecule has 9 heteroatoms. The van der Waals surface area contributed by atoms with Gasteiger partial charge in [0, 0.05) is 30.4 Å². The SMILES string of the molecule is Cc1cccc(NC(=O)[C@H]2CCCN(S(=O)(=O)c3ccc4[nH]c(=O)ccc4c3)C2)n1. The summed E-state index contributed by atoms with van der Waals surface area (Å²) >= 11 is 0. The number of benzene rings is 1. The van der Waals surface area contributed by atoms with Crippen molar-refractivity contribution in [3.63, 3.8) is 0 Å². The molecule has 0 saturated carbocycles. The summed E-state index contributed by atoms with van der Waals surface area (Å²) in [5.41, 5.74) is 1.12. The van der Waals surface area contributed by atoms with Crippen LogP contribution in [0.1, 0.15) is 18.5 Å². The van der Waals surface area contributed by atoms with Gasteiger partial charge in [0.1, 0.15) is 5.82 Å². The maximum absolute atomic E-state index is 13.2. The highest BCUT2D eigenvalue weighted by Crippen LogP contribution is 2.26. The number of aromatic amines is 1. The summed E-state index contributed by atoms with van der Waals surface area (Å²) in [4.78, 5) is 31.2. The van der Waals surface area contributed by atoms with E-state index in [0.29, 0.717) is 36.1 Å². The summed E-state index contributed by atoms with van der Waals surface area (Å²) in [6.45, 7) is 2.31. The third kappa shape index (κ3) is 4.12.